The largest absolute Gasteiger partial charge is 0.493 e. The second-order valence-electron chi connectivity index (χ2n) is 4.89. The van der Waals surface area contributed by atoms with Gasteiger partial charge in [0.2, 0.25) is 4.77 Å². The molecule has 1 aromatic heterocycles. The molecule has 0 saturated carbocycles. The van der Waals surface area contributed by atoms with Crippen LogP contribution in [-0.4, -0.2) is 27.7 Å². The van der Waals surface area contributed by atoms with Crippen LogP contribution in [0.15, 0.2) is 53.6 Å². The third-order valence-electron chi connectivity index (χ3n) is 3.27. The number of nitrogens with zero attached hydrogens (tertiary/aromatic N) is 3. The van der Waals surface area contributed by atoms with Gasteiger partial charge in [-0.1, -0.05) is 35.9 Å². The van der Waals surface area contributed by atoms with E-state index in [4.69, 9.17) is 28.6 Å². The Labute approximate surface area is 149 Å². The van der Waals surface area contributed by atoms with Crippen molar-refractivity contribution in [3.63, 3.8) is 0 Å². The van der Waals surface area contributed by atoms with Crippen LogP contribution >= 0.6 is 23.8 Å². The molecule has 24 heavy (non-hydrogen) atoms. The molecule has 122 valence electrons. The Morgan fingerprint density at radius 3 is 2.75 bits per heavy atom. The Morgan fingerprint density at radius 2 is 2.00 bits per heavy atom. The van der Waals surface area contributed by atoms with E-state index in [2.05, 4.69) is 15.3 Å². The number of aromatic amines is 1. The van der Waals surface area contributed by atoms with Crippen LogP contribution in [0.2, 0.25) is 5.02 Å². The monoisotopic (exact) mass is 358 g/mol. The smallest absolute Gasteiger partial charge is 0.216 e. The van der Waals surface area contributed by atoms with Crippen LogP contribution in [0.4, 0.5) is 0 Å². The van der Waals surface area contributed by atoms with Crippen LogP contribution in [0.25, 0.3) is 11.4 Å². The Balaban J connectivity index is 2.01. The van der Waals surface area contributed by atoms with Crippen molar-refractivity contribution in [3.8, 4) is 17.1 Å². The van der Waals surface area contributed by atoms with E-state index in [-0.39, 0.29) is 0 Å². The Kier molecular flexibility index (Phi) is 5.08. The molecule has 2 aromatic carbocycles. The lowest BCUT2D eigenvalue weighted by Gasteiger charge is -2.08. The average molecular weight is 359 g/mol. The summed E-state index contributed by atoms with van der Waals surface area (Å²) >= 11 is 11.2. The van der Waals surface area contributed by atoms with Crippen LogP contribution in [0.3, 0.4) is 0 Å². The number of hydrogen-bond acceptors (Lipinski definition) is 4. The molecule has 0 saturated heterocycles. The fourth-order valence-electron chi connectivity index (χ4n) is 2.18. The molecule has 3 aromatic rings. The molecule has 1 N–H and O–H groups in total. The molecule has 7 heteroatoms. The van der Waals surface area contributed by atoms with Gasteiger partial charge in [-0.2, -0.15) is 14.9 Å². The fourth-order valence-corrected chi connectivity index (χ4v) is 2.48. The number of hydrogen-bond donors (Lipinski definition) is 1. The third-order valence-corrected chi connectivity index (χ3v) is 3.79. The standard InChI is InChI=1S/C17H15ClN4OS/c1-2-23-15-6-4-3-5-14(15)16-20-21-17(24)22(16)19-11-12-7-9-13(18)10-8-12/h3-11H,2H2,1H3,(H,21,24)/b19-11-. The quantitative estimate of drug-likeness (QED) is 0.538. The highest BCUT2D eigenvalue weighted by Gasteiger charge is 2.13. The van der Waals surface area contributed by atoms with Crippen LogP contribution < -0.4 is 4.74 Å². The van der Waals surface area contributed by atoms with Gasteiger partial charge >= 0.3 is 0 Å². The first-order chi connectivity index (χ1) is 11.7. The van der Waals surface area contributed by atoms with Gasteiger partial charge in [0.1, 0.15) is 5.75 Å². The lowest BCUT2D eigenvalue weighted by atomic mass is 10.2. The van der Waals surface area contributed by atoms with Crippen molar-refractivity contribution in [2.75, 3.05) is 6.61 Å². The minimum atomic E-state index is 0.404. The minimum absolute atomic E-state index is 0.404. The van der Waals surface area contributed by atoms with Crippen molar-refractivity contribution < 1.29 is 4.74 Å². The summed E-state index contributed by atoms with van der Waals surface area (Å²) in [6, 6.07) is 15.0. The summed E-state index contributed by atoms with van der Waals surface area (Å²) in [6.45, 7) is 2.50. The van der Waals surface area contributed by atoms with E-state index >= 15 is 0 Å². The molecule has 0 aliphatic heterocycles. The maximum absolute atomic E-state index is 5.89. The molecule has 0 fully saturated rings. The summed E-state index contributed by atoms with van der Waals surface area (Å²) in [5.41, 5.74) is 1.73. The van der Waals surface area contributed by atoms with Crippen molar-refractivity contribution in [1.29, 1.82) is 0 Å². The molecule has 5 nitrogen and oxygen atoms in total. The van der Waals surface area contributed by atoms with Crippen molar-refractivity contribution >= 4 is 30.0 Å². The topological polar surface area (TPSA) is 55.2 Å². The van der Waals surface area contributed by atoms with Gasteiger partial charge in [-0.25, -0.2) is 5.10 Å². The number of halogens is 1. The first kappa shape index (κ1) is 16.4. The molecule has 1 heterocycles. The maximum Gasteiger partial charge on any atom is 0.216 e. The number of ether oxygens (including phenoxy) is 1. The van der Waals surface area contributed by atoms with E-state index in [1.54, 1.807) is 10.9 Å². The number of aromatic nitrogens is 3. The number of nitrogens with one attached hydrogen (secondary N) is 1. The SMILES string of the molecule is CCOc1ccccc1-c1n[nH]c(=S)n1/N=C\c1ccc(Cl)cc1. The Morgan fingerprint density at radius 1 is 1.25 bits per heavy atom. The number of H-pyrrole nitrogens is 1. The molecular formula is C17H15ClN4OS. The Hall–Kier alpha value is -2.44. The molecular weight excluding hydrogens is 344 g/mol. The molecule has 0 aliphatic carbocycles. The van der Waals surface area contributed by atoms with E-state index in [1.165, 1.54) is 0 Å². The summed E-state index contributed by atoms with van der Waals surface area (Å²) in [5.74, 6) is 1.33. The predicted octanol–water partition coefficient (Wildman–Crippen LogP) is 4.54. The van der Waals surface area contributed by atoms with Crippen molar-refractivity contribution in [1.82, 2.24) is 14.9 Å². The summed E-state index contributed by atoms with van der Waals surface area (Å²) in [7, 11) is 0. The summed E-state index contributed by atoms with van der Waals surface area (Å²) < 4.78 is 7.64. The van der Waals surface area contributed by atoms with Crippen LogP contribution in [0, 0.1) is 4.77 Å². The highest BCUT2D eigenvalue weighted by Crippen LogP contribution is 2.28. The molecule has 0 aliphatic rings. The van der Waals surface area contributed by atoms with E-state index in [0.717, 1.165) is 16.9 Å². The molecule has 0 amide bonds. The van der Waals surface area contributed by atoms with Gasteiger partial charge in [-0.05, 0) is 49.0 Å². The number of para-hydroxylation sites is 1. The number of benzene rings is 2. The van der Waals surface area contributed by atoms with E-state index < -0.39 is 0 Å². The van der Waals surface area contributed by atoms with E-state index in [1.807, 2.05) is 55.5 Å². The zero-order valence-electron chi connectivity index (χ0n) is 12.9. The summed E-state index contributed by atoms with van der Waals surface area (Å²) in [6.07, 6.45) is 1.70. The maximum atomic E-state index is 5.89. The second kappa shape index (κ2) is 7.42. The molecule has 0 atom stereocenters. The van der Waals surface area contributed by atoms with Crippen molar-refractivity contribution in [2.24, 2.45) is 5.10 Å². The normalized spacial score (nSPS) is 11.1. The highest BCUT2D eigenvalue weighted by molar-refractivity contribution is 7.71. The van der Waals surface area contributed by atoms with Crippen molar-refractivity contribution in [2.45, 2.75) is 6.92 Å². The molecule has 0 bridgehead atoms. The van der Waals surface area contributed by atoms with E-state index in [9.17, 15) is 0 Å². The highest BCUT2D eigenvalue weighted by atomic mass is 35.5. The van der Waals surface area contributed by atoms with Gasteiger partial charge in [0.05, 0.1) is 18.4 Å². The zero-order valence-corrected chi connectivity index (χ0v) is 14.5. The Bertz CT molecular complexity index is 915. The molecule has 0 radical (unpaired) electrons. The van der Waals surface area contributed by atoms with Crippen LogP contribution in [-0.2, 0) is 0 Å². The van der Waals surface area contributed by atoms with Crippen molar-refractivity contribution in [3.05, 3.63) is 63.9 Å². The van der Waals surface area contributed by atoms with Gasteiger partial charge in [0.25, 0.3) is 0 Å². The lowest BCUT2D eigenvalue weighted by molar-refractivity contribution is 0.341. The van der Waals surface area contributed by atoms with E-state index in [0.29, 0.717) is 22.2 Å². The van der Waals surface area contributed by atoms with Gasteiger partial charge in [0, 0.05) is 5.02 Å². The van der Waals surface area contributed by atoms with Gasteiger partial charge in [0.15, 0.2) is 5.82 Å². The summed E-state index contributed by atoms with van der Waals surface area (Å²) in [5, 5.41) is 12.2. The second-order valence-corrected chi connectivity index (χ2v) is 5.71. The molecule has 0 spiro atoms. The average Bonchev–Trinajstić information content (AvgIpc) is 2.96. The minimum Gasteiger partial charge on any atom is -0.493 e. The lowest BCUT2D eigenvalue weighted by Crippen LogP contribution is -1.99. The first-order valence-corrected chi connectivity index (χ1v) is 8.17. The van der Waals surface area contributed by atoms with Crippen LogP contribution in [0.1, 0.15) is 12.5 Å². The predicted molar refractivity (Wildman–Crippen MR) is 98.5 cm³/mol. The molecule has 3 rings (SSSR count). The van der Waals surface area contributed by atoms with Gasteiger partial charge in [-0.15, -0.1) is 0 Å². The van der Waals surface area contributed by atoms with Crippen LogP contribution in [0.5, 0.6) is 5.75 Å². The zero-order chi connectivity index (χ0) is 16.9. The number of rotatable bonds is 5. The van der Waals surface area contributed by atoms with Gasteiger partial charge < -0.3 is 4.74 Å². The first-order valence-electron chi connectivity index (χ1n) is 7.38. The third kappa shape index (κ3) is 3.55. The summed E-state index contributed by atoms with van der Waals surface area (Å²) in [4.78, 5) is 0. The van der Waals surface area contributed by atoms with Gasteiger partial charge in [-0.3, -0.25) is 0 Å². The molecule has 0 unspecified atom stereocenters. The fraction of sp³-hybridized carbons (Fsp3) is 0.118.